The maximum absolute atomic E-state index is 3.89. The summed E-state index contributed by atoms with van der Waals surface area (Å²) in [7, 11) is 0. The highest BCUT2D eigenvalue weighted by Gasteiger charge is 2.13. The van der Waals surface area contributed by atoms with Crippen molar-refractivity contribution in [2.45, 2.75) is 19.4 Å². The van der Waals surface area contributed by atoms with Gasteiger partial charge in [-0.1, -0.05) is 31.2 Å². The molecule has 1 nitrogen and oxygen atoms in total. The average Bonchev–Trinajstić information content (AvgIpc) is 2.18. The SMILES string of the molecule is [CH2]CCN1CCc2ccccc2C1. The summed E-state index contributed by atoms with van der Waals surface area (Å²) in [4.78, 5) is 2.48. The second-order valence-electron chi connectivity index (χ2n) is 3.65. The van der Waals surface area contributed by atoms with Crippen molar-refractivity contribution >= 4 is 0 Å². The van der Waals surface area contributed by atoms with E-state index in [0.29, 0.717) is 0 Å². The monoisotopic (exact) mass is 174 g/mol. The molecule has 1 aromatic rings. The van der Waals surface area contributed by atoms with Crippen LogP contribution in [0.3, 0.4) is 0 Å². The van der Waals surface area contributed by atoms with E-state index in [-0.39, 0.29) is 0 Å². The summed E-state index contributed by atoms with van der Waals surface area (Å²) in [5, 5.41) is 0. The zero-order chi connectivity index (χ0) is 9.10. The summed E-state index contributed by atoms with van der Waals surface area (Å²) in [6, 6.07) is 8.75. The van der Waals surface area contributed by atoms with Crippen molar-refractivity contribution < 1.29 is 0 Å². The Labute approximate surface area is 80.4 Å². The molecule has 2 rings (SSSR count). The lowest BCUT2D eigenvalue weighted by atomic mass is 10.00. The minimum atomic E-state index is 1.02. The van der Waals surface area contributed by atoms with E-state index in [9.17, 15) is 0 Å². The lowest BCUT2D eigenvalue weighted by molar-refractivity contribution is 0.259. The van der Waals surface area contributed by atoms with Gasteiger partial charge in [0.05, 0.1) is 0 Å². The highest BCUT2D eigenvalue weighted by atomic mass is 15.1. The molecule has 1 radical (unpaired) electrons. The van der Waals surface area contributed by atoms with Gasteiger partial charge >= 0.3 is 0 Å². The number of fused-ring (bicyclic) bond motifs is 1. The lowest BCUT2D eigenvalue weighted by Crippen LogP contribution is -2.30. The summed E-state index contributed by atoms with van der Waals surface area (Å²) in [5.41, 5.74) is 3.03. The molecule has 0 aliphatic carbocycles. The Balaban J connectivity index is 2.11. The van der Waals surface area contributed by atoms with Gasteiger partial charge in [-0.05, 0) is 30.5 Å². The zero-order valence-electron chi connectivity index (χ0n) is 8.00. The molecule has 0 saturated carbocycles. The third-order valence-corrected chi connectivity index (χ3v) is 2.68. The Morgan fingerprint density at radius 3 is 2.77 bits per heavy atom. The van der Waals surface area contributed by atoms with Gasteiger partial charge < -0.3 is 0 Å². The third-order valence-electron chi connectivity index (χ3n) is 2.68. The van der Waals surface area contributed by atoms with E-state index in [1.807, 2.05) is 0 Å². The van der Waals surface area contributed by atoms with Crippen LogP contribution in [0.5, 0.6) is 0 Å². The van der Waals surface area contributed by atoms with E-state index >= 15 is 0 Å². The fourth-order valence-electron chi connectivity index (χ4n) is 1.97. The molecule has 69 valence electrons. The van der Waals surface area contributed by atoms with Crippen molar-refractivity contribution in [2.24, 2.45) is 0 Å². The van der Waals surface area contributed by atoms with Gasteiger partial charge in [0.2, 0.25) is 0 Å². The van der Waals surface area contributed by atoms with Gasteiger partial charge in [0, 0.05) is 13.1 Å². The largest absolute Gasteiger partial charge is 0.299 e. The number of nitrogens with zero attached hydrogens (tertiary/aromatic N) is 1. The summed E-state index contributed by atoms with van der Waals surface area (Å²) < 4.78 is 0. The molecule has 0 aromatic heterocycles. The van der Waals surface area contributed by atoms with Gasteiger partial charge in [-0.3, -0.25) is 4.90 Å². The highest BCUT2D eigenvalue weighted by molar-refractivity contribution is 5.28. The van der Waals surface area contributed by atoms with E-state index in [1.165, 1.54) is 24.1 Å². The normalized spacial score (nSPS) is 17.0. The number of benzene rings is 1. The standard InChI is InChI=1S/C12H16N/c1-2-8-13-9-7-11-5-3-4-6-12(11)10-13/h3-6H,1-2,7-10H2. The van der Waals surface area contributed by atoms with Crippen molar-refractivity contribution in [3.63, 3.8) is 0 Å². The van der Waals surface area contributed by atoms with Crippen LogP contribution >= 0.6 is 0 Å². The molecule has 0 bridgehead atoms. The first-order valence-electron chi connectivity index (χ1n) is 4.98. The lowest BCUT2D eigenvalue weighted by Gasteiger charge is -2.28. The van der Waals surface area contributed by atoms with E-state index in [4.69, 9.17) is 0 Å². The van der Waals surface area contributed by atoms with Crippen LogP contribution in [0.2, 0.25) is 0 Å². The van der Waals surface area contributed by atoms with Crippen LogP contribution in [-0.4, -0.2) is 18.0 Å². The molecule has 0 amide bonds. The Bertz CT molecular complexity index is 280. The molecular formula is C12H16N. The first-order chi connectivity index (χ1) is 6.40. The Kier molecular flexibility index (Phi) is 2.65. The van der Waals surface area contributed by atoms with Gasteiger partial charge in [0.25, 0.3) is 0 Å². The first kappa shape index (κ1) is 8.76. The Morgan fingerprint density at radius 1 is 1.23 bits per heavy atom. The zero-order valence-corrected chi connectivity index (χ0v) is 8.00. The minimum Gasteiger partial charge on any atom is -0.299 e. The van der Waals surface area contributed by atoms with Crippen LogP contribution in [0, 0.1) is 6.92 Å². The van der Waals surface area contributed by atoms with Crippen molar-refractivity contribution in [2.75, 3.05) is 13.1 Å². The fourth-order valence-corrected chi connectivity index (χ4v) is 1.97. The van der Waals surface area contributed by atoms with Crippen molar-refractivity contribution in [1.82, 2.24) is 4.90 Å². The maximum atomic E-state index is 3.89. The molecule has 1 aliphatic heterocycles. The van der Waals surface area contributed by atoms with Crippen LogP contribution in [0.1, 0.15) is 17.5 Å². The van der Waals surface area contributed by atoms with Gasteiger partial charge in [-0.15, -0.1) is 0 Å². The number of hydrogen-bond acceptors (Lipinski definition) is 1. The molecule has 0 unspecified atom stereocenters. The van der Waals surface area contributed by atoms with Gasteiger partial charge in [0.15, 0.2) is 0 Å². The van der Waals surface area contributed by atoms with E-state index in [1.54, 1.807) is 0 Å². The van der Waals surface area contributed by atoms with Crippen LogP contribution in [-0.2, 0) is 13.0 Å². The van der Waals surface area contributed by atoms with E-state index < -0.39 is 0 Å². The molecule has 1 aliphatic rings. The van der Waals surface area contributed by atoms with Crippen molar-refractivity contribution in [3.05, 3.63) is 42.3 Å². The second-order valence-corrected chi connectivity index (χ2v) is 3.65. The molecule has 1 aromatic carbocycles. The Hall–Kier alpha value is -0.820. The fraction of sp³-hybridized carbons (Fsp3) is 0.417. The molecule has 0 saturated heterocycles. The quantitative estimate of drug-likeness (QED) is 0.665. The van der Waals surface area contributed by atoms with Crippen molar-refractivity contribution in [1.29, 1.82) is 0 Å². The molecule has 0 fully saturated rings. The molecule has 0 spiro atoms. The van der Waals surface area contributed by atoms with Gasteiger partial charge in [-0.25, -0.2) is 0 Å². The Morgan fingerprint density at radius 2 is 2.00 bits per heavy atom. The molecule has 1 heteroatoms. The molecule has 0 atom stereocenters. The minimum absolute atomic E-state index is 1.02. The highest BCUT2D eigenvalue weighted by Crippen LogP contribution is 2.18. The van der Waals surface area contributed by atoms with E-state index in [0.717, 1.165) is 19.5 Å². The predicted octanol–water partition coefficient (Wildman–Crippen LogP) is 2.27. The van der Waals surface area contributed by atoms with Gasteiger partial charge in [-0.2, -0.15) is 0 Å². The summed E-state index contributed by atoms with van der Waals surface area (Å²) in [6.07, 6.45) is 2.22. The van der Waals surface area contributed by atoms with Crippen LogP contribution in [0.15, 0.2) is 24.3 Å². The maximum Gasteiger partial charge on any atom is 0.0236 e. The number of hydrogen-bond donors (Lipinski definition) is 0. The molecule has 0 N–H and O–H groups in total. The predicted molar refractivity (Wildman–Crippen MR) is 55.4 cm³/mol. The molecule has 1 heterocycles. The van der Waals surface area contributed by atoms with Crippen LogP contribution < -0.4 is 0 Å². The topological polar surface area (TPSA) is 3.24 Å². The summed E-state index contributed by atoms with van der Waals surface area (Å²) in [6.45, 7) is 7.35. The van der Waals surface area contributed by atoms with Crippen LogP contribution in [0.25, 0.3) is 0 Å². The van der Waals surface area contributed by atoms with Crippen molar-refractivity contribution in [3.8, 4) is 0 Å². The smallest absolute Gasteiger partial charge is 0.0236 e. The number of rotatable bonds is 2. The molecule has 13 heavy (non-hydrogen) atoms. The van der Waals surface area contributed by atoms with Gasteiger partial charge in [0.1, 0.15) is 0 Å². The molecular weight excluding hydrogens is 158 g/mol. The average molecular weight is 174 g/mol. The van der Waals surface area contributed by atoms with E-state index in [2.05, 4.69) is 36.1 Å². The third kappa shape index (κ3) is 1.92. The second kappa shape index (κ2) is 3.93. The summed E-state index contributed by atoms with van der Waals surface area (Å²) in [5.74, 6) is 0. The first-order valence-corrected chi connectivity index (χ1v) is 4.98. The van der Waals surface area contributed by atoms with Crippen LogP contribution in [0.4, 0.5) is 0 Å². The summed E-state index contributed by atoms with van der Waals surface area (Å²) >= 11 is 0.